The first-order chi connectivity index (χ1) is 10.5. The number of likely N-dealkylation sites (tertiary alicyclic amines) is 1. The van der Waals surface area contributed by atoms with E-state index in [-0.39, 0.29) is 18.0 Å². The highest BCUT2D eigenvalue weighted by Crippen LogP contribution is 2.51. The predicted molar refractivity (Wildman–Crippen MR) is 83.0 cm³/mol. The molecule has 5 heteroatoms. The van der Waals surface area contributed by atoms with Crippen LogP contribution in [0.1, 0.15) is 43.7 Å². The van der Waals surface area contributed by atoms with E-state index in [2.05, 4.69) is 19.2 Å². The van der Waals surface area contributed by atoms with E-state index in [1.165, 1.54) is 0 Å². The van der Waals surface area contributed by atoms with Gasteiger partial charge in [-0.3, -0.25) is 4.79 Å². The molecule has 2 fully saturated rings. The number of amides is 2. The third kappa shape index (κ3) is 2.25. The van der Waals surface area contributed by atoms with Gasteiger partial charge >= 0.3 is 12.0 Å². The molecule has 5 nitrogen and oxygen atoms in total. The van der Waals surface area contributed by atoms with E-state index in [9.17, 15) is 14.7 Å². The van der Waals surface area contributed by atoms with Crippen LogP contribution >= 0.6 is 0 Å². The molecule has 118 valence electrons. The molecule has 1 saturated carbocycles. The van der Waals surface area contributed by atoms with Crippen LogP contribution < -0.4 is 5.32 Å². The van der Waals surface area contributed by atoms with Gasteiger partial charge in [0.05, 0.1) is 6.04 Å². The van der Waals surface area contributed by atoms with Gasteiger partial charge in [-0.2, -0.15) is 0 Å². The summed E-state index contributed by atoms with van der Waals surface area (Å²) in [6, 6.07) is 7.22. The lowest BCUT2D eigenvalue weighted by molar-refractivity contribution is -0.140. The summed E-state index contributed by atoms with van der Waals surface area (Å²) in [4.78, 5) is 25.7. The van der Waals surface area contributed by atoms with Gasteiger partial charge in [0, 0.05) is 13.1 Å². The number of rotatable bonds is 4. The maximum absolute atomic E-state index is 12.1. The van der Waals surface area contributed by atoms with Crippen LogP contribution in [0.2, 0.25) is 0 Å². The van der Waals surface area contributed by atoms with Crippen molar-refractivity contribution in [3.63, 3.8) is 0 Å². The molecule has 1 heterocycles. The normalized spacial score (nSPS) is 26.5. The molecule has 0 radical (unpaired) electrons. The number of carbonyl (C=O) groups excluding carboxylic acids is 1. The van der Waals surface area contributed by atoms with Gasteiger partial charge in [-0.25, -0.2) is 4.79 Å². The molecule has 1 aliphatic carbocycles. The summed E-state index contributed by atoms with van der Waals surface area (Å²) in [5, 5.41) is 12.7. The van der Waals surface area contributed by atoms with Crippen molar-refractivity contribution in [2.24, 2.45) is 0 Å². The van der Waals surface area contributed by atoms with Gasteiger partial charge in [0.15, 0.2) is 0 Å². The van der Waals surface area contributed by atoms with Crippen LogP contribution in [0.15, 0.2) is 24.3 Å². The number of aliphatic carboxylic acids is 1. The van der Waals surface area contributed by atoms with Gasteiger partial charge in [-0.05, 0) is 29.9 Å². The molecule has 22 heavy (non-hydrogen) atoms. The number of urea groups is 1. The van der Waals surface area contributed by atoms with Gasteiger partial charge in [0.2, 0.25) is 0 Å². The molecule has 2 amide bonds. The highest BCUT2D eigenvalue weighted by Gasteiger charge is 2.63. The Morgan fingerprint density at radius 1 is 1.32 bits per heavy atom. The maximum Gasteiger partial charge on any atom is 0.317 e. The fraction of sp³-hybridized carbons (Fsp3) is 0.529. The summed E-state index contributed by atoms with van der Waals surface area (Å²) in [6.45, 7) is 5.65. The van der Waals surface area contributed by atoms with Crippen molar-refractivity contribution in [2.75, 3.05) is 13.1 Å². The van der Waals surface area contributed by atoms with Gasteiger partial charge in [0.1, 0.15) is 5.41 Å². The number of hydrogen-bond acceptors (Lipinski definition) is 2. The predicted octanol–water partition coefficient (Wildman–Crippen LogP) is 2.32. The minimum Gasteiger partial charge on any atom is -0.481 e. The van der Waals surface area contributed by atoms with Gasteiger partial charge in [-0.15, -0.1) is 0 Å². The molecular weight excluding hydrogens is 280 g/mol. The molecule has 0 spiro atoms. The van der Waals surface area contributed by atoms with Crippen molar-refractivity contribution < 1.29 is 14.7 Å². The molecule has 2 aliphatic rings. The zero-order valence-electron chi connectivity index (χ0n) is 13.0. The first-order valence-electron chi connectivity index (χ1n) is 7.85. The van der Waals surface area contributed by atoms with Crippen molar-refractivity contribution in [2.45, 2.75) is 44.1 Å². The molecule has 1 aromatic rings. The second-order valence-corrected chi connectivity index (χ2v) is 6.57. The Morgan fingerprint density at radius 2 is 2.00 bits per heavy atom. The number of benzene rings is 1. The first-order valence-corrected chi connectivity index (χ1v) is 7.85. The molecule has 0 aromatic heterocycles. The Balaban J connectivity index is 1.86. The number of nitrogens with one attached hydrogen (secondary N) is 1. The highest BCUT2D eigenvalue weighted by molar-refractivity contribution is 5.89. The fourth-order valence-electron chi connectivity index (χ4n) is 3.25. The lowest BCUT2D eigenvalue weighted by Gasteiger charge is -2.31. The van der Waals surface area contributed by atoms with Crippen LogP contribution in [0, 0.1) is 0 Å². The number of carbonyl (C=O) groups is 2. The zero-order chi connectivity index (χ0) is 15.9. The van der Waals surface area contributed by atoms with E-state index < -0.39 is 11.4 Å². The topological polar surface area (TPSA) is 69.6 Å². The van der Waals surface area contributed by atoms with Crippen molar-refractivity contribution >= 4 is 12.0 Å². The summed E-state index contributed by atoms with van der Waals surface area (Å²) in [5.74, 6) is -0.603. The van der Waals surface area contributed by atoms with Gasteiger partial charge in [0.25, 0.3) is 0 Å². The third-order valence-electron chi connectivity index (χ3n) is 4.85. The van der Waals surface area contributed by atoms with Crippen LogP contribution in [-0.4, -0.2) is 41.1 Å². The van der Waals surface area contributed by atoms with E-state index in [0.29, 0.717) is 6.42 Å². The summed E-state index contributed by atoms with van der Waals surface area (Å²) in [7, 11) is 0. The van der Waals surface area contributed by atoms with E-state index in [1.807, 2.05) is 24.3 Å². The third-order valence-corrected chi connectivity index (χ3v) is 4.85. The Kier molecular flexibility index (Phi) is 3.59. The molecule has 1 saturated heterocycles. The first kappa shape index (κ1) is 14.9. The molecule has 3 rings (SSSR count). The maximum atomic E-state index is 12.1. The van der Waals surface area contributed by atoms with Gasteiger partial charge in [-0.1, -0.05) is 38.1 Å². The zero-order valence-corrected chi connectivity index (χ0v) is 13.0. The SMILES string of the molecule is CC(C)c1ccccc1C1(C(=O)O)CC1NC(=O)N1CCC1. The van der Waals surface area contributed by atoms with Crippen LogP contribution in [0.5, 0.6) is 0 Å². The second kappa shape index (κ2) is 5.30. The smallest absolute Gasteiger partial charge is 0.317 e. The average Bonchev–Trinajstić information content (AvgIpc) is 3.11. The van der Waals surface area contributed by atoms with Crippen molar-refractivity contribution in [1.82, 2.24) is 10.2 Å². The van der Waals surface area contributed by atoms with E-state index in [4.69, 9.17) is 0 Å². The largest absolute Gasteiger partial charge is 0.481 e. The van der Waals surface area contributed by atoms with E-state index in [1.54, 1.807) is 4.90 Å². The van der Waals surface area contributed by atoms with Crippen LogP contribution in [-0.2, 0) is 10.2 Å². The standard InChI is InChI=1S/C17H22N2O3/c1-11(2)12-6-3-4-7-13(12)17(15(20)21)10-14(17)18-16(22)19-8-5-9-19/h3-4,6-7,11,14H,5,8-10H2,1-2H3,(H,18,22)(H,20,21). The highest BCUT2D eigenvalue weighted by atomic mass is 16.4. The van der Waals surface area contributed by atoms with Crippen molar-refractivity contribution in [3.05, 3.63) is 35.4 Å². The molecule has 1 aromatic carbocycles. The summed E-state index contributed by atoms with van der Waals surface area (Å²) >= 11 is 0. The summed E-state index contributed by atoms with van der Waals surface area (Å²) in [6.07, 6.45) is 1.49. The lowest BCUT2D eigenvalue weighted by Crippen LogP contribution is -2.49. The van der Waals surface area contributed by atoms with E-state index in [0.717, 1.165) is 30.6 Å². The van der Waals surface area contributed by atoms with Crippen LogP contribution in [0.4, 0.5) is 4.79 Å². The molecule has 2 atom stereocenters. The Hall–Kier alpha value is -2.04. The molecular formula is C17H22N2O3. The van der Waals surface area contributed by atoms with Crippen LogP contribution in [0.25, 0.3) is 0 Å². The Labute approximate surface area is 130 Å². The minimum absolute atomic E-state index is 0.138. The Morgan fingerprint density at radius 3 is 2.55 bits per heavy atom. The molecule has 1 aliphatic heterocycles. The molecule has 2 unspecified atom stereocenters. The number of carboxylic acid groups (broad SMARTS) is 1. The minimum atomic E-state index is -0.971. The van der Waals surface area contributed by atoms with Gasteiger partial charge < -0.3 is 15.3 Å². The summed E-state index contributed by atoms with van der Waals surface area (Å²) in [5.41, 5.74) is 0.915. The quantitative estimate of drug-likeness (QED) is 0.897. The fourth-order valence-corrected chi connectivity index (χ4v) is 3.25. The average molecular weight is 302 g/mol. The van der Waals surface area contributed by atoms with E-state index >= 15 is 0 Å². The Bertz CT molecular complexity index is 610. The van der Waals surface area contributed by atoms with Crippen LogP contribution in [0.3, 0.4) is 0 Å². The molecule has 0 bridgehead atoms. The number of nitrogens with zero attached hydrogens (tertiary/aromatic N) is 1. The summed E-state index contributed by atoms with van der Waals surface area (Å²) < 4.78 is 0. The second-order valence-electron chi connectivity index (χ2n) is 6.57. The monoisotopic (exact) mass is 302 g/mol. The molecule has 2 N–H and O–H groups in total. The lowest BCUT2D eigenvalue weighted by atomic mass is 9.86. The number of carboxylic acids is 1. The van der Waals surface area contributed by atoms with Crippen molar-refractivity contribution in [3.8, 4) is 0 Å². The van der Waals surface area contributed by atoms with Crippen molar-refractivity contribution in [1.29, 1.82) is 0 Å². The number of hydrogen-bond donors (Lipinski definition) is 2.